The van der Waals surface area contributed by atoms with Crippen molar-refractivity contribution >= 4 is 35.8 Å². The Kier molecular flexibility index (Phi) is 8.98. The minimum atomic E-state index is 0. The van der Waals surface area contributed by atoms with Gasteiger partial charge in [0.25, 0.3) is 0 Å². The summed E-state index contributed by atoms with van der Waals surface area (Å²) in [6, 6.07) is 12.7. The predicted octanol–water partition coefficient (Wildman–Crippen LogP) is 3.50. The molecule has 3 heterocycles. The van der Waals surface area contributed by atoms with Gasteiger partial charge in [0.05, 0.1) is 19.8 Å². The first-order chi connectivity index (χ1) is 15.2. The van der Waals surface area contributed by atoms with Crippen molar-refractivity contribution in [2.24, 2.45) is 4.99 Å². The smallest absolute Gasteiger partial charge is 0.193 e. The fourth-order valence-corrected chi connectivity index (χ4v) is 4.38. The number of nitrogens with zero attached hydrogens (tertiary/aromatic N) is 4. The fourth-order valence-electron chi connectivity index (χ4n) is 4.38. The van der Waals surface area contributed by atoms with Crippen molar-refractivity contribution in [1.82, 2.24) is 15.2 Å². The molecule has 2 aliphatic rings. The normalized spacial score (nSPS) is 21.3. The molecule has 2 unspecified atom stereocenters. The largest absolute Gasteiger partial charge is 0.497 e. The Labute approximate surface area is 208 Å². The van der Waals surface area contributed by atoms with Gasteiger partial charge in [-0.15, -0.1) is 24.0 Å². The monoisotopic (exact) mass is 551 g/mol. The zero-order valence-electron chi connectivity index (χ0n) is 19.2. The summed E-state index contributed by atoms with van der Waals surface area (Å²) in [6.07, 6.45) is 3.26. The van der Waals surface area contributed by atoms with Crippen LogP contribution in [0.1, 0.15) is 30.4 Å². The Hall–Kier alpha value is -2.07. The van der Waals surface area contributed by atoms with Gasteiger partial charge in [-0.05, 0) is 48.7 Å². The zero-order valence-corrected chi connectivity index (χ0v) is 21.5. The van der Waals surface area contributed by atoms with Crippen molar-refractivity contribution in [2.75, 3.05) is 51.8 Å². The molecule has 1 N–H and O–H groups in total. The minimum Gasteiger partial charge on any atom is -0.497 e. The van der Waals surface area contributed by atoms with Crippen LogP contribution in [0.5, 0.6) is 5.75 Å². The first-order valence-corrected chi connectivity index (χ1v) is 11.1. The molecule has 0 aliphatic carbocycles. The molecule has 0 saturated carbocycles. The van der Waals surface area contributed by atoms with Crippen molar-refractivity contribution in [3.8, 4) is 5.75 Å². The number of methoxy groups -OCH3 is 1. The molecule has 0 radical (unpaired) electrons. The van der Waals surface area contributed by atoms with E-state index in [1.54, 1.807) is 7.11 Å². The summed E-state index contributed by atoms with van der Waals surface area (Å²) < 4.78 is 10.9. The minimum absolute atomic E-state index is 0. The van der Waals surface area contributed by atoms with Crippen molar-refractivity contribution < 1.29 is 9.47 Å². The summed E-state index contributed by atoms with van der Waals surface area (Å²) in [7, 11) is 3.56. The van der Waals surface area contributed by atoms with Crippen LogP contribution in [0.4, 0.5) is 5.82 Å². The average molecular weight is 551 g/mol. The third-order valence-electron chi connectivity index (χ3n) is 6.11. The van der Waals surface area contributed by atoms with E-state index in [1.807, 2.05) is 25.4 Å². The highest BCUT2D eigenvalue weighted by Gasteiger charge is 2.26. The summed E-state index contributed by atoms with van der Waals surface area (Å²) in [6.45, 7) is 7.33. The van der Waals surface area contributed by atoms with Gasteiger partial charge in [0.2, 0.25) is 0 Å². The zero-order chi connectivity index (χ0) is 21.6. The van der Waals surface area contributed by atoms with Gasteiger partial charge in [-0.1, -0.05) is 12.1 Å². The molecule has 8 heteroatoms. The summed E-state index contributed by atoms with van der Waals surface area (Å²) in [5.74, 6) is 3.39. The molecule has 2 aromatic rings. The molecule has 0 bridgehead atoms. The molecule has 2 atom stereocenters. The van der Waals surface area contributed by atoms with Crippen molar-refractivity contribution in [2.45, 2.75) is 31.9 Å². The van der Waals surface area contributed by atoms with Gasteiger partial charge in [-0.25, -0.2) is 4.98 Å². The highest BCUT2D eigenvalue weighted by Crippen LogP contribution is 2.28. The second-order valence-electron chi connectivity index (χ2n) is 8.26. The molecule has 0 spiro atoms. The van der Waals surface area contributed by atoms with E-state index in [9.17, 15) is 0 Å². The van der Waals surface area contributed by atoms with E-state index < -0.39 is 0 Å². The molecule has 4 rings (SSSR count). The lowest BCUT2D eigenvalue weighted by Crippen LogP contribution is -2.41. The van der Waals surface area contributed by atoms with Crippen LogP contribution in [0.25, 0.3) is 0 Å². The Morgan fingerprint density at radius 2 is 2.03 bits per heavy atom. The predicted molar refractivity (Wildman–Crippen MR) is 139 cm³/mol. The fraction of sp³-hybridized carbons (Fsp3) is 0.500. The number of morpholine rings is 1. The Balaban J connectivity index is 0.00000289. The number of hydrogen-bond acceptors (Lipinski definition) is 5. The summed E-state index contributed by atoms with van der Waals surface area (Å²) in [5.41, 5.74) is 2.56. The van der Waals surface area contributed by atoms with E-state index in [0.29, 0.717) is 5.92 Å². The number of hydrogen-bond donors (Lipinski definition) is 1. The molecule has 32 heavy (non-hydrogen) atoms. The van der Waals surface area contributed by atoms with Crippen LogP contribution in [-0.4, -0.2) is 68.9 Å². The van der Waals surface area contributed by atoms with Crippen LogP contribution in [0.15, 0.2) is 47.6 Å². The third kappa shape index (κ3) is 6.04. The molecule has 174 valence electrons. The van der Waals surface area contributed by atoms with Gasteiger partial charge >= 0.3 is 0 Å². The second-order valence-corrected chi connectivity index (χ2v) is 8.26. The quantitative estimate of drug-likeness (QED) is 0.349. The molecule has 0 amide bonds. The number of likely N-dealkylation sites (tertiary alicyclic amines) is 1. The van der Waals surface area contributed by atoms with Crippen LogP contribution in [0, 0.1) is 0 Å². The van der Waals surface area contributed by atoms with Gasteiger partial charge in [0.1, 0.15) is 11.6 Å². The second kappa shape index (κ2) is 11.7. The molecular formula is C24H34IN5O2. The maximum absolute atomic E-state index is 5.65. The Morgan fingerprint density at radius 1 is 1.22 bits per heavy atom. The number of rotatable bonds is 5. The molecule has 2 aliphatic heterocycles. The van der Waals surface area contributed by atoms with Crippen molar-refractivity contribution in [3.63, 3.8) is 0 Å². The average Bonchev–Trinajstić information content (AvgIpc) is 3.30. The van der Waals surface area contributed by atoms with E-state index in [4.69, 9.17) is 9.47 Å². The van der Waals surface area contributed by atoms with E-state index in [-0.39, 0.29) is 30.1 Å². The molecule has 2 saturated heterocycles. The molecule has 1 aromatic heterocycles. The number of nitrogens with one attached hydrogen (secondary N) is 1. The number of aromatic nitrogens is 1. The highest BCUT2D eigenvalue weighted by molar-refractivity contribution is 14.0. The van der Waals surface area contributed by atoms with Gasteiger partial charge in [-0.3, -0.25) is 4.99 Å². The molecule has 1 aromatic carbocycles. The summed E-state index contributed by atoms with van der Waals surface area (Å²) >= 11 is 0. The van der Waals surface area contributed by atoms with E-state index in [1.165, 1.54) is 11.1 Å². The molecular weight excluding hydrogens is 517 g/mol. The first kappa shape index (κ1) is 24.6. The summed E-state index contributed by atoms with van der Waals surface area (Å²) in [5, 5.41) is 3.54. The maximum Gasteiger partial charge on any atom is 0.193 e. The van der Waals surface area contributed by atoms with Crippen LogP contribution < -0.4 is 15.0 Å². The van der Waals surface area contributed by atoms with E-state index in [0.717, 1.165) is 63.3 Å². The Morgan fingerprint density at radius 3 is 2.75 bits per heavy atom. The van der Waals surface area contributed by atoms with E-state index in [2.05, 4.69) is 56.3 Å². The van der Waals surface area contributed by atoms with Crippen molar-refractivity contribution in [1.29, 1.82) is 0 Å². The van der Waals surface area contributed by atoms with Crippen LogP contribution in [0.2, 0.25) is 0 Å². The standard InChI is InChI=1S/C24H33N5O2.HI/c1-18-16-28(12-13-31-18)23-14-19(8-10-26-23)15-27-24(25-2)29-11-9-21(17-29)20-4-6-22(30-3)7-5-20;/h4-8,10,14,18,21H,9,11-13,15-17H2,1-3H3,(H,25,27);1H. The maximum atomic E-state index is 5.65. The number of benzene rings is 1. The van der Waals surface area contributed by atoms with Gasteiger partial charge < -0.3 is 24.6 Å². The Bertz CT molecular complexity index is 892. The third-order valence-corrected chi connectivity index (χ3v) is 6.11. The number of aliphatic imine (C=N–C) groups is 1. The highest BCUT2D eigenvalue weighted by atomic mass is 127. The van der Waals surface area contributed by atoms with Crippen molar-refractivity contribution in [3.05, 3.63) is 53.7 Å². The number of anilines is 1. The van der Waals surface area contributed by atoms with Gasteiger partial charge in [-0.2, -0.15) is 0 Å². The van der Waals surface area contributed by atoms with Gasteiger partial charge in [0.15, 0.2) is 5.96 Å². The lowest BCUT2D eigenvalue weighted by Gasteiger charge is -2.32. The first-order valence-electron chi connectivity index (χ1n) is 11.1. The van der Waals surface area contributed by atoms with Crippen LogP contribution in [0.3, 0.4) is 0 Å². The number of pyridine rings is 1. The lowest BCUT2D eigenvalue weighted by atomic mass is 9.98. The SMILES string of the molecule is CN=C(NCc1ccnc(N2CCOC(C)C2)c1)N1CCC(c2ccc(OC)cc2)C1.I. The topological polar surface area (TPSA) is 62.2 Å². The number of ether oxygens (including phenoxy) is 2. The molecule has 2 fully saturated rings. The summed E-state index contributed by atoms with van der Waals surface area (Å²) in [4.78, 5) is 13.7. The number of halogens is 1. The van der Waals surface area contributed by atoms with Crippen LogP contribution >= 0.6 is 24.0 Å². The molecule has 7 nitrogen and oxygen atoms in total. The van der Waals surface area contributed by atoms with Crippen LogP contribution in [-0.2, 0) is 11.3 Å². The lowest BCUT2D eigenvalue weighted by molar-refractivity contribution is 0.0529. The van der Waals surface area contributed by atoms with E-state index >= 15 is 0 Å². The van der Waals surface area contributed by atoms with Gasteiger partial charge in [0, 0.05) is 51.9 Å². The number of guanidine groups is 1.